The minimum Gasteiger partial charge on any atom is -0.477 e. The zero-order chi connectivity index (χ0) is 14.7. The molecular weight excluding hydrogens is 284 g/mol. The predicted octanol–water partition coefficient (Wildman–Crippen LogP) is 0.276. The molecule has 0 unspecified atom stereocenters. The van der Waals surface area contributed by atoms with Gasteiger partial charge in [0.2, 0.25) is 10.0 Å². The number of β-amino-alcohol motifs (C(OH)–C–C–N with tert-alkyl or cyclic N) is 1. The van der Waals surface area contributed by atoms with Crippen LogP contribution in [0.4, 0.5) is 0 Å². The number of sulfonamides is 1. The first-order valence-electron chi connectivity index (χ1n) is 6.38. The highest BCUT2D eigenvalue weighted by molar-refractivity contribution is 7.89. The van der Waals surface area contributed by atoms with Crippen molar-refractivity contribution in [3.63, 3.8) is 0 Å². The Morgan fingerprint density at radius 3 is 2.45 bits per heavy atom. The second-order valence-corrected chi connectivity index (χ2v) is 7.71. The average molecular weight is 300 g/mol. The summed E-state index contributed by atoms with van der Waals surface area (Å²) >= 11 is 0. The van der Waals surface area contributed by atoms with Gasteiger partial charge in [-0.3, -0.25) is 0 Å². The van der Waals surface area contributed by atoms with Gasteiger partial charge >= 0.3 is 5.97 Å². The van der Waals surface area contributed by atoms with E-state index in [2.05, 4.69) is 0 Å². The van der Waals surface area contributed by atoms with E-state index in [1.165, 1.54) is 16.8 Å². The summed E-state index contributed by atoms with van der Waals surface area (Å²) in [7, 11) is -3.73. The Balaban J connectivity index is 1.94. The SMILES string of the molecule is CC1(O)CN(S(=O)(=O)c2cc(C(=O)O)n(C3CC3)c2)C1. The summed E-state index contributed by atoms with van der Waals surface area (Å²) < 4.78 is 27.4. The number of aromatic nitrogens is 1. The maximum atomic E-state index is 12.3. The smallest absolute Gasteiger partial charge is 0.352 e. The van der Waals surface area contributed by atoms with Gasteiger partial charge in [-0.15, -0.1) is 0 Å². The molecule has 1 saturated heterocycles. The van der Waals surface area contributed by atoms with Crippen molar-refractivity contribution in [2.75, 3.05) is 13.1 Å². The molecule has 0 aromatic carbocycles. The molecule has 2 fully saturated rings. The number of carboxylic acid groups (broad SMARTS) is 1. The molecule has 2 aliphatic rings. The molecule has 1 aliphatic carbocycles. The van der Waals surface area contributed by atoms with E-state index in [0.717, 1.165) is 17.1 Å². The number of carbonyl (C=O) groups is 1. The summed E-state index contributed by atoms with van der Waals surface area (Å²) in [5, 5.41) is 18.8. The molecule has 0 bridgehead atoms. The van der Waals surface area contributed by atoms with E-state index in [-0.39, 0.29) is 29.7 Å². The molecule has 3 rings (SSSR count). The van der Waals surface area contributed by atoms with Crippen LogP contribution in [-0.4, -0.2) is 52.2 Å². The van der Waals surface area contributed by atoms with E-state index in [1.807, 2.05) is 0 Å². The van der Waals surface area contributed by atoms with Gasteiger partial charge < -0.3 is 14.8 Å². The van der Waals surface area contributed by atoms with Crippen molar-refractivity contribution in [1.82, 2.24) is 8.87 Å². The van der Waals surface area contributed by atoms with Crippen molar-refractivity contribution in [2.24, 2.45) is 0 Å². The van der Waals surface area contributed by atoms with Gasteiger partial charge in [-0.1, -0.05) is 0 Å². The molecule has 1 saturated carbocycles. The van der Waals surface area contributed by atoms with Gasteiger partial charge in [-0.05, 0) is 25.8 Å². The monoisotopic (exact) mass is 300 g/mol. The third kappa shape index (κ3) is 2.13. The van der Waals surface area contributed by atoms with Crippen LogP contribution in [0.3, 0.4) is 0 Å². The summed E-state index contributed by atoms with van der Waals surface area (Å²) in [6.07, 6.45) is 3.13. The standard InChI is InChI=1S/C12H16N2O5S/c1-12(17)6-13(7-12)20(18,19)9-4-10(11(15)16)14(5-9)8-2-3-8/h4-5,8,17H,2-3,6-7H2,1H3,(H,15,16). The Bertz CT molecular complexity index is 664. The molecule has 1 aliphatic heterocycles. The lowest BCUT2D eigenvalue weighted by molar-refractivity contribution is -0.0426. The van der Waals surface area contributed by atoms with Crippen LogP contribution in [0.2, 0.25) is 0 Å². The van der Waals surface area contributed by atoms with E-state index >= 15 is 0 Å². The lowest BCUT2D eigenvalue weighted by Crippen LogP contribution is -2.61. The quantitative estimate of drug-likeness (QED) is 0.832. The molecule has 0 atom stereocenters. The van der Waals surface area contributed by atoms with Crippen LogP contribution in [0.15, 0.2) is 17.2 Å². The summed E-state index contributed by atoms with van der Waals surface area (Å²) in [6.45, 7) is 1.63. The fourth-order valence-electron chi connectivity index (χ4n) is 2.45. The van der Waals surface area contributed by atoms with Gasteiger partial charge in [0.15, 0.2) is 0 Å². The van der Waals surface area contributed by atoms with Crippen LogP contribution in [0, 0.1) is 0 Å². The zero-order valence-electron chi connectivity index (χ0n) is 11.0. The van der Waals surface area contributed by atoms with Gasteiger partial charge in [0.25, 0.3) is 0 Å². The normalized spacial score (nSPS) is 22.5. The Morgan fingerprint density at radius 1 is 1.40 bits per heavy atom. The Hall–Kier alpha value is -1.38. The van der Waals surface area contributed by atoms with E-state index in [9.17, 15) is 18.3 Å². The predicted molar refractivity (Wildman–Crippen MR) is 69.0 cm³/mol. The summed E-state index contributed by atoms with van der Waals surface area (Å²) in [6, 6.07) is 1.28. The molecule has 8 heteroatoms. The second kappa shape index (κ2) is 4.06. The maximum absolute atomic E-state index is 12.3. The van der Waals surface area contributed by atoms with Crippen LogP contribution < -0.4 is 0 Å². The highest BCUT2D eigenvalue weighted by Gasteiger charge is 2.44. The highest BCUT2D eigenvalue weighted by Crippen LogP contribution is 2.38. The number of aromatic carboxylic acids is 1. The van der Waals surface area contributed by atoms with Gasteiger partial charge in [-0.2, -0.15) is 4.31 Å². The lowest BCUT2D eigenvalue weighted by atomic mass is 10.0. The molecule has 2 heterocycles. The first kappa shape index (κ1) is 13.6. The van der Waals surface area contributed by atoms with Crippen molar-refractivity contribution in [3.8, 4) is 0 Å². The summed E-state index contributed by atoms with van der Waals surface area (Å²) in [4.78, 5) is 11.2. The Morgan fingerprint density at radius 2 is 2.00 bits per heavy atom. The van der Waals surface area contributed by atoms with Crippen LogP contribution in [0.1, 0.15) is 36.3 Å². The second-order valence-electron chi connectivity index (χ2n) is 5.77. The number of hydrogen-bond acceptors (Lipinski definition) is 4. The fraction of sp³-hybridized carbons (Fsp3) is 0.583. The molecule has 1 aromatic rings. The summed E-state index contributed by atoms with van der Waals surface area (Å²) in [5.74, 6) is -1.13. The molecule has 20 heavy (non-hydrogen) atoms. The number of rotatable bonds is 4. The average Bonchev–Trinajstić information content (AvgIpc) is 3.03. The molecule has 110 valence electrons. The van der Waals surface area contributed by atoms with Crippen molar-refractivity contribution in [2.45, 2.75) is 36.3 Å². The van der Waals surface area contributed by atoms with Crippen LogP contribution >= 0.6 is 0 Å². The van der Waals surface area contributed by atoms with Crippen molar-refractivity contribution >= 4 is 16.0 Å². The first-order chi connectivity index (χ1) is 9.21. The van der Waals surface area contributed by atoms with E-state index in [0.29, 0.717) is 0 Å². The number of hydrogen-bond donors (Lipinski definition) is 2. The number of carboxylic acids is 1. The largest absolute Gasteiger partial charge is 0.477 e. The van der Waals surface area contributed by atoms with Crippen molar-refractivity contribution in [3.05, 3.63) is 18.0 Å². The molecule has 1 aromatic heterocycles. The maximum Gasteiger partial charge on any atom is 0.352 e. The molecule has 0 radical (unpaired) electrons. The van der Waals surface area contributed by atoms with Crippen molar-refractivity contribution in [1.29, 1.82) is 0 Å². The van der Waals surface area contributed by atoms with Crippen LogP contribution in [-0.2, 0) is 10.0 Å². The van der Waals surface area contributed by atoms with E-state index in [4.69, 9.17) is 5.11 Å². The molecule has 0 spiro atoms. The highest BCUT2D eigenvalue weighted by atomic mass is 32.2. The third-order valence-corrected chi connectivity index (χ3v) is 5.41. The van der Waals surface area contributed by atoms with E-state index < -0.39 is 21.6 Å². The molecular formula is C12H16N2O5S. The van der Waals surface area contributed by atoms with Gasteiger partial charge in [0.1, 0.15) is 10.6 Å². The fourth-order valence-corrected chi connectivity index (χ4v) is 4.16. The van der Waals surface area contributed by atoms with Gasteiger partial charge in [0, 0.05) is 25.3 Å². The minimum absolute atomic E-state index is 0.00152. The molecule has 0 amide bonds. The molecule has 7 nitrogen and oxygen atoms in total. The first-order valence-corrected chi connectivity index (χ1v) is 7.82. The van der Waals surface area contributed by atoms with Gasteiger partial charge in [0.05, 0.1) is 5.60 Å². The lowest BCUT2D eigenvalue weighted by Gasteiger charge is -2.42. The topological polar surface area (TPSA) is 99.8 Å². The minimum atomic E-state index is -3.73. The van der Waals surface area contributed by atoms with Crippen molar-refractivity contribution < 1.29 is 23.4 Å². The van der Waals surface area contributed by atoms with Crippen LogP contribution in [0.25, 0.3) is 0 Å². The summed E-state index contributed by atoms with van der Waals surface area (Å²) in [5.41, 5.74) is -1.000. The Labute approximate surface area is 116 Å². The van der Waals surface area contributed by atoms with E-state index in [1.54, 1.807) is 6.92 Å². The zero-order valence-corrected chi connectivity index (χ0v) is 11.8. The molecule has 2 N–H and O–H groups in total. The Kier molecular flexibility index (Phi) is 2.76. The van der Waals surface area contributed by atoms with Gasteiger partial charge in [-0.25, -0.2) is 13.2 Å². The van der Waals surface area contributed by atoms with Crippen LogP contribution in [0.5, 0.6) is 0 Å². The number of aliphatic hydroxyl groups is 1. The number of nitrogens with zero attached hydrogens (tertiary/aromatic N) is 2. The third-order valence-electron chi connectivity index (χ3n) is 3.65.